The topological polar surface area (TPSA) is 20.2 Å². The number of hydrogen-bond acceptors (Lipinski definition) is 2. The molecule has 1 aromatic carbocycles. The van der Waals surface area contributed by atoms with Crippen LogP contribution in [-0.2, 0) is 6.42 Å². The average molecular weight is 272 g/mol. The highest BCUT2D eigenvalue weighted by atomic mass is 32.1. The van der Waals surface area contributed by atoms with Gasteiger partial charge < -0.3 is 5.11 Å². The molecule has 0 fully saturated rings. The van der Waals surface area contributed by atoms with Crippen LogP contribution in [0.25, 0.3) is 0 Å². The van der Waals surface area contributed by atoms with Crippen LogP contribution in [0.15, 0.2) is 23.6 Å². The predicted molar refractivity (Wildman–Crippen MR) is 64.1 cm³/mol. The van der Waals surface area contributed by atoms with E-state index < -0.39 is 23.6 Å². The molecule has 18 heavy (non-hydrogen) atoms. The summed E-state index contributed by atoms with van der Waals surface area (Å²) in [5.74, 6) is -4.15. The summed E-state index contributed by atoms with van der Waals surface area (Å²) >= 11 is 1.26. The normalized spacial score (nSPS) is 12.7. The van der Waals surface area contributed by atoms with E-state index in [0.29, 0.717) is 11.3 Å². The molecule has 0 aliphatic heterocycles. The number of benzene rings is 1. The molecular weight excluding hydrogens is 261 g/mol. The van der Waals surface area contributed by atoms with Gasteiger partial charge in [-0.15, -0.1) is 11.3 Å². The highest BCUT2D eigenvalue weighted by Crippen LogP contribution is 2.32. The van der Waals surface area contributed by atoms with Crippen LogP contribution in [0.1, 0.15) is 29.0 Å². The fourth-order valence-corrected chi connectivity index (χ4v) is 2.77. The minimum atomic E-state index is -1.55. The number of thiophene rings is 1. The molecule has 0 aliphatic carbocycles. The van der Waals surface area contributed by atoms with Crippen molar-refractivity contribution in [1.29, 1.82) is 0 Å². The van der Waals surface area contributed by atoms with Crippen LogP contribution in [0.3, 0.4) is 0 Å². The first-order valence-electron chi connectivity index (χ1n) is 5.44. The molecule has 1 N–H and O–H groups in total. The summed E-state index contributed by atoms with van der Waals surface area (Å²) < 4.78 is 39.5. The Morgan fingerprint density at radius 2 is 1.89 bits per heavy atom. The lowest BCUT2D eigenvalue weighted by atomic mass is 10.0. The van der Waals surface area contributed by atoms with Gasteiger partial charge in [0, 0.05) is 10.4 Å². The molecule has 0 saturated carbocycles. The van der Waals surface area contributed by atoms with Crippen molar-refractivity contribution in [2.24, 2.45) is 0 Å². The summed E-state index contributed by atoms with van der Waals surface area (Å²) in [5.41, 5.74) is 0.627. The summed E-state index contributed by atoms with van der Waals surface area (Å²) in [5, 5.41) is 11.8. The third kappa shape index (κ3) is 2.15. The Labute approximate surface area is 107 Å². The fraction of sp³-hybridized carbons (Fsp3) is 0.231. The number of halogens is 3. The van der Waals surface area contributed by atoms with E-state index >= 15 is 0 Å². The van der Waals surface area contributed by atoms with Crippen molar-refractivity contribution in [3.63, 3.8) is 0 Å². The second-order valence-corrected chi connectivity index (χ2v) is 4.78. The van der Waals surface area contributed by atoms with Crippen LogP contribution in [-0.4, -0.2) is 5.11 Å². The first kappa shape index (κ1) is 13.1. The molecule has 1 heterocycles. The lowest BCUT2D eigenvalue weighted by Gasteiger charge is -2.12. The van der Waals surface area contributed by atoms with Gasteiger partial charge in [-0.3, -0.25) is 0 Å². The number of rotatable bonds is 3. The zero-order chi connectivity index (χ0) is 13.3. The molecular formula is C13H11F3OS. The van der Waals surface area contributed by atoms with E-state index in [9.17, 15) is 18.3 Å². The molecule has 0 aliphatic rings. The van der Waals surface area contributed by atoms with Crippen molar-refractivity contribution < 1.29 is 18.3 Å². The number of aryl methyl sites for hydroxylation is 1. The SMILES string of the molecule is CCc1ccsc1C(O)c1ccc(F)c(F)c1F. The van der Waals surface area contributed by atoms with Crippen molar-refractivity contribution in [2.75, 3.05) is 0 Å². The molecule has 5 heteroatoms. The van der Waals surface area contributed by atoms with E-state index in [1.165, 1.54) is 11.3 Å². The van der Waals surface area contributed by atoms with E-state index in [2.05, 4.69) is 0 Å². The lowest BCUT2D eigenvalue weighted by Crippen LogP contribution is -2.06. The van der Waals surface area contributed by atoms with Gasteiger partial charge in [-0.05, 0) is 35.6 Å². The van der Waals surface area contributed by atoms with Gasteiger partial charge in [0.1, 0.15) is 6.10 Å². The van der Waals surface area contributed by atoms with Gasteiger partial charge in [-0.1, -0.05) is 6.92 Å². The molecule has 0 radical (unpaired) electrons. The summed E-state index contributed by atoms with van der Waals surface area (Å²) in [7, 11) is 0. The second-order valence-electron chi connectivity index (χ2n) is 3.83. The van der Waals surface area contributed by atoms with Gasteiger partial charge in [-0.2, -0.15) is 0 Å². The first-order chi connectivity index (χ1) is 8.56. The predicted octanol–water partition coefficient (Wildman–Crippen LogP) is 3.81. The Bertz CT molecular complexity index is 565. The minimum absolute atomic E-state index is 0.244. The monoisotopic (exact) mass is 272 g/mol. The van der Waals surface area contributed by atoms with E-state index in [1.807, 2.05) is 13.0 Å². The molecule has 1 nitrogen and oxygen atoms in total. The van der Waals surface area contributed by atoms with Crippen LogP contribution in [0.2, 0.25) is 0 Å². The molecule has 1 aromatic heterocycles. The summed E-state index contributed by atoms with van der Waals surface area (Å²) in [6.45, 7) is 1.90. The van der Waals surface area contributed by atoms with Crippen molar-refractivity contribution in [2.45, 2.75) is 19.4 Å². The van der Waals surface area contributed by atoms with Crippen LogP contribution in [0.5, 0.6) is 0 Å². The van der Waals surface area contributed by atoms with Crippen LogP contribution >= 0.6 is 11.3 Å². The van der Waals surface area contributed by atoms with Crippen LogP contribution in [0, 0.1) is 17.5 Å². The Morgan fingerprint density at radius 1 is 1.17 bits per heavy atom. The average Bonchev–Trinajstić information content (AvgIpc) is 2.83. The van der Waals surface area contributed by atoms with E-state index in [1.54, 1.807) is 5.38 Å². The fourth-order valence-electron chi connectivity index (χ4n) is 1.77. The van der Waals surface area contributed by atoms with Crippen molar-refractivity contribution in [3.05, 3.63) is 57.0 Å². The molecule has 2 aromatic rings. The smallest absolute Gasteiger partial charge is 0.194 e. The van der Waals surface area contributed by atoms with Crippen LogP contribution < -0.4 is 0 Å². The number of aliphatic hydroxyl groups excluding tert-OH is 1. The first-order valence-corrected chi connectivity index (χ1v) is 6.32. The van der Waals surface area contributed by atoms with E-state index in [0.717, 1.165) is 17.7 Å². The summed E-state index contributed by atoms with van der Waals surface area (Å²) in [6, 6.07) is 3.70. The van der Waals surface area contributed by atoms with E-state index in [4.69, 9.17) is 0 Å². The summed E-state index contributed by atoms with van der Waals surface area (Å²) in [6.07, 6.45) is -0.587. The summed E-state index contributed by atoms with van der Waals surface area (Å²) in [4.78, 5) is 0.558. The van der Waals surface area contributed by atoms with Gasteiger partial charge in [0.2, 0.25) is 0 Å². The molecule has 0 spiro atoms. The Balaban J connectivity index is 2.46. The van der Waals surface area contributed by atoms with Gasteiger partial charge in [0.15, 0.2) is 17.5 Å². The third-order valence-corrected chi connectivity index (χ3v) is 3.78. The molecule has 1 unspecified atom stereocenters. The molecule has 0 bridgehead atoms. The molecule has 0 amide bonds. The zero-order valence-corrected chi connectivity index (χ0v) is 10.4. The largest absolute Gasteiger partial charge is 0.383 e. The maximum absolute atomic E-state index is 13.6. The molecule has 96 valence electrons. The van der Waals surface area contributed by atoms with Gasteiger partial charge in [-0.25, -0.2) is 13.2 Å². The van der Waals surface area contributed by atoms with Crippen molar-refractivity contribution in [1.82, 2.24) is 0 Å². The van der Waals surface area contributed by atoms with Gasteiger partial charge in [0.05, 0.1) is 0 Å². The van der Waals surface area contributed by atoms with Crippen molar-refractivity contribution in [3.8, 4) is 0 Å². The quantitative estimate of drug-likeness (QED) is 0.842. The number of hydrogen-bond donors (Lipinski definition) is 1. The minimum Gasteiger partial charge on any atom is -0.383 e. The number of aliphatic hydroxyl groups is 1. The van der Waals surface area contributed by atoms with Crippen LogP contribution in [0.4, 0.5) is 13.2 Å². The third-order valence-electron chi connectivity index (χ3n) is 2.77. The molecule has 1 atom stereocenters. The van der Waals surface area contributed by atoms with E-state index in [-0.39, 0.29) is 5.56 Å². The Kier molecular flexibility index (Phi) is 3.73. The second kappa shape index (κ2) is 5.12. The molecule has 2 rings (SSSR count). The lowest BCUT2D eigenvalue weighted by molar-refractivity contribution is 0.215. The van der Waals surface area contributed by atoms with Crippen molar-refractivity contribution >= 4 is 11.3 Å². The Hall–Kier alpha value is -1.33. The maximum Gasteiger partial charge on any atom is 0.194 e. The maximum atomic E-state index is 13.6. The highest BCUT2D eigenvalue weighted by Gasteiger charge is 2.22. The Morgan fingerprint density at radius 3 is 2.56 bits per heavy atom. The zero-order valence-electron chi connectivity index (χ0n) is 9.58. The van der Waals surface area contributed by atoms with Gasteiger partial charge >= 0.3 is 0 Å². The van der Waals surface area contributed by atoms with Gasteiger partial charge in [0.25, 0.3) is 0 Å². The molecule has 0 saturated heterocycles. The highest BCUT2D eigenvalue weighted by molar-refractivity contribution is 7.10. The standard InChI is InChI=1S/C13H11F3OS/c1-2-7-5-6-18-13(7)12(17)8-3-4-9(14)11(16)10(8)15/h3-6,12,17H,2H2,1H3.